The van der Waals surface area contributed by atoms with Gasteiger partial charge in [-0.1, -0.05) is 42.1 Å². The van der Waals surface area contributed by atoms with E-state index in [-0.39, 0.29) is 18.4 Å². The molecule has 1 saturated heterocycles. The number of halogens is 2. The highest BCUT2D eigenvalue weighted by atomic mass is 79.9. The third-order valence-corrected chi connectivity index (χ3v) is 4.79. The lowest BCUT2D eigenvalue weighted by Gasteiger charge is -2.33. The van der Waals surface area contributed by atoms with Crippen molar-refractivity contribution in [1.29, 1.82) is 0 Å². The second-order valence-corrected chi connectivity index (χ2v) is 7.04. The normalized spacial score (nSPS) is 18.0. The van der Waals surface area contributed by atoms with Crippen molar-refractivity contribution in [2.45, 2.75) is 58.0 Å². The Morgan fingerprint density at radius 3 is 2.88 bits per heavy atom. The Morgan fingerprint density at radius 1 is 1.38 bits per heavy atom. The molecule has 1 heterocycles. The van der Waals surface area contributed by atoms with Gasteiger partial charge in [-0.15, -0.1) is 12.4 Å². The molecule has 0 bridgehead atoms. The second kappa shape index (κ2) is 11.0. The van der Waals surface area contributed by atoms with Crippen molar-refractivity contribution >= 4 is 34.3 Å². The monoisotopic (exact) mass is 419 g/mol. The summed E-state index contributed by atoms with van der Waals surface area (Å²) in [5.74, 6) is 0.157. The quantitative estimate of drug-likeness (QED) is 0.609. The number of hydrogen-bond acceptors (Lipinski definition) is 3. The molecule has 1 N–H and O–H groups in total. The van der Waals surface area contributed by atoms with Crippen LogP contribution in [0.3, 0.4) is 0 Å². The average molecular weight is 421 g/mol. The number of aliphatic carboxylic acids is 1. The van der Waals surface area contributed by atoms with Crippen molar-refractivity contribution in [3.05, 3.63) is 28.2 Å². The molecule has 4 nitrogen and oxygen atoms in total. The molecule has 0 spiro atoms. The van der Waals surface area contributed by atoms with Gasteiger partial charge in [0, 0.05) is 16.6 Å². The Labute approximate surface area is 159 Å². The van der Waals surface area contributed by atoms with Crippen molar-refractivity contribution in [2.24, 2.45) is 0 Å². The molecule has 0 amide bonds. The van der Waals surface area contributed by atoms with Crippen molar-refractivity contribution in [3.8, 4) is 5.75 Å². The number of nitrogens with zero attached hydrogens (tertiary/aromatic N) is 1. The van der Waals surface area contributed by atoms with Crippen molar-refractivity contribution < 1.29 is 14.6 Å². The number of hydrogen-bond donors (Lipinski definition) is 1. The zero-order valence-corrected chi connectivity index (χ0v) is 16.6. The lowest BCUT2D eigenvalue weighted by molar-refractivity contribution is -0.144. The molecule has 24 heavy (non-hydrogen) atoms. The predicted molar refractivity (Wildman–Crippen MR) is 102 cm³/mol. The van der Waals surface area contributed by atoms with E-state index in [0.717, 1.165) is 48.0 Å². The maximum Gasteiger partial charge on any atom is 0.320 e. The first-order chi connectivity index (χ1) is 11.1. The van der Waals surface area contributed by atoms with E-state index in [0.29, 0.717) is 13.2 Å². The zero-order valence-electron chi connectivity index (χ0n) is 14.2. The first-order valence-corrected chi connectivity index (χ1v) is 9.29. The molecule has 1 aromatic carbocycles. The highest BCUT2D eigenvalue weighted by Gasteiger charge is 2.28. The highest BCUT2D eigenvalue weighted by molar-refractivity contribution is 9.10. The molecule has 1 aliphatic rings. The maximum absolute atomic E-state index is 11.5. The van der Waals surface area contributed by atoms with Crippen LogP contribution in [0.15, 0.2) is 22.7 Å². The Balaban J connectivity index is 0.00000288. The molecule has 1 aliphatic heterocycles. The Hall–Kier alpha value is -0.780. The highest BCUT2D eigenvalue weighted by Crippen LogP contribution is 2.28. The van der Waals surface area contributed by atoms with Crippen molar-refractivity contribution in [2.75, 3.05) is 13.2 Å². The summed E-state index contributed by atoms with van der Waals surface area (Å²) in [6.07, 6.45) is 6.17. The van der Waals surface area contributed by atoms with Crippen LogP contribution >= 0.6 is 28.3 Å². The molecule has 6 heteroatoms. The topological polar surface area (TPSA) is 49.8 Å². The second-order valence-electron chi connectivity index (χ2n) is 6.13. The number of unbranched alkanes of at least 4 members (excludes halogenated alkanes) is 2. The fourth-order valence-corrected chi connectivity index (χ4v) is 3.43. The predicted octanol–water partition coefficient (Wildman–Crippen LogP) is 4.88. The number of carboxylic acids is 1. The summed E-state index contributed by atoms with van der Waals surface area (Å²) < 4.78 is 6.93. The summed E-state index contributed by atoms with van der Waals surface area (Å²) >= 11 is 3.51. The van der Waals surface area contributed by atoms with E-state index in [4.69, 9.17) is 4.74 Å². The fourth-order valence-electron chi connectivity index (χ4n) is 3.03. The van der Waals surface area contributed by atoms with Gasteiger partial charge in [0.15, 0.2) is 0 Å². The van der Waals surface area contributed by atoms with Gasteiger partial charge in [0.05, 0.1) is 6.61 Å². The van der Waals surface area contributed by atoms with Crippen molar-refractivity contribution in [3.63, 3.8) is 0 Å². The van der Waals surface area contributed by atoms with Gasteiger partial charge in [0.1, 0.15) is 11.8 Å². The lowest BCUT2D eigenvalue weighted by atomic mass is 10.0. The van der Waals surface area contributed by atoms with E-state index in [1.165, 1.54) is 12.8 Å². The minimum Gasteiger partial charge on any atom is -0.493 e. The lowest BCUT2D eigenvalue weighted by Crippen LogP contribution is -2.44. The largest absolute Gasteiger partial charge is 0.493 e. The summed E-state index contributed by atoms with van der Waals surface area (Å²) in [5.41, 5.74) is 1.06. The minimum absolute atomic E-state index is 0. The smallest absolute Gasteiger partial charge is 0.320 e. The van der Waals surface area contributed by atoms with Gasteiger partial charge in [-0.3, -0.25) is 9.69 Å². The summed E-state index contributed by atoms with van der Waals surface area (Å²) in [4.78, 5) is 13.5. The van der Waals surface area contributed by atoms with Crippen LogP contribution in [0.2, 0.25) is 0 Å². The van der Waals surface area contributed by atoms with Crippen LogP contribution in [0.25, 0.3) is 0 Å². The molecular formula is C18H27BrClNO3. The van der Waals surface area contributed by atoms with E-state index in [9.17, 15) is 9.90 Å². The van der Waals surface area contributed by atoms with Crippen LogP contribution < -0.4 is 4.74 Å². The summed E-state index contributed by atoms with van der Waals surface area (Å²) in [6.45, 7) is 4.34. The third kappa shape index (κ3) is 6.26. The molecule has 1 unspecified atom stereocenters. The van der Waals surface area contributed by atoms with Crippen LogP contribution in [-0.4, -0.2) is 35.2 Å². The van der Waals surface area contributed by atoms with E-state index in [1.54, 1.807) is 0 Å². The molecule has 2 rings (SSSR count). The SMILES string of the molecule is CCCCCOc1ccc(Br)cc1CN1CCCCC1C(=O)O.Cl. The van der Waals surface area contributed by atoms with Gasteiger partial charge < -0.3 is 9.84 Å². The minimum atomic E-state index is -0.717. The first kappa shape index (κ1) is 21.3. The first-order valence-electron chi connectivity index (χ1n) is 8.50. The number of likely N-dealkylation sites (tertiary alicyclic amines) is 1. The summed E-state index contributed by atoms with van der Waals surface area (Å²) in [7, 11) is 0. The number of benzene rings is 1. The Morgan fingerprint density at radius 2 is 2.17 bits per heavy atom. The summed E-state index contributed by atoms with van der Waals surface area (Å²) in [6, 6.07) is 5.62. The number of carbonyl (C=O) groups is 1. The number of piperidine rings is 1. The Bertz CT molecular complexity index is 527. The number of ether oxygens (including phenoxy) is 1. The van der Waals surface area contributed by atoms with Crippen LogP contribution in [0.5, 0.6) is 5.75 Å². The molecule has 1 fully saturated rings. The molecule has 1 atom stereocenters. The van der Waals surface area contributed by atoms with E-state index in [2.05, 4.69) is 27.8 Å². The molecule has 1 aromatic rings. The Kier molecular flexibility index (Phi) is 9.71. The molecule has 0 radical (unpaired) electrons. The molecule has 0 aromatic heterocycles. The van der Waals surface area contributed by atoms with Crippen LogP contribution in [0, 0.1) is 0 Å². The van der Waals surface area contributed by atoms with Gasteiger partial charge in [0.25, 0.3) is 0 Å². The third-order valence-electron chi connectivity index (χ3n) is 4.30. The molecule has 0 saturated carbocycles. The summed E-state index contributed by atoms with van der Waals surface area (Å²) in [5, 5.41) is 9.43. The molecule has 136 valence electrons. The molecule has 0 aliphatic carbocycles. The van der Waals surface area contributed by atoms with Crippen LogP contribution in [0.1, 0.15) is 51.0 Å². The maximum atomic E-state index is 11.5. The van der Waals surface area contributed by atoms with Crippen molar-refractivity contribution in [1.82, 2.24) is 4.90 Å². The van der Waals surface area contributed by atoms with Gasteiger partial charge in [0.2, 0.25) is 0 Å². The van der Waals surface area contributed by atoms with Gasteiger partial charge in [-0.25, -0.2) is 0 Å². The number of carboxylic acid groups (broad SMARTS) is 1. The average Bonchev–Trinajstić information content (AvgIpc) is 2.53. The van der Waals surface area contributed by atoms with Crippen LogP contribution in [0.4, 0.5) is 0 Å². The zero-order chi connectivity index (χ0) is 16.7. The van der Waals surface area contributed by atoms with Crippen LogP contribution in [-0.2, 0) is 11.3 Å². The van der Waals surface area contributed by atoms with Gasteiger partial charge in [-0.05, 0) is 44.0 Å². The van der Waals surface area contributed by atoms with Gasteiger partial charge >= 0.3 is 5.97 Å². The number of rotatable bonds is 8. The van der Waals surface area contributed by atoms with E-state index >= 15 is 0 Å². The van der Waals surface area contributed by atoms with Gasteiger partial charge in [-0.2, -0.15) is 0 Å². The molecular weight excluding hydrogens is 394 g/mol. The fraction of sp³-hybridized carbons (Fsp3) is 0.611. The van der Waals surface area contributed by atoms with E-state index < -0.39 is 5.97 Å². The standard InChI is InChI=1S/C18H26BrNO3.ClH/c1-2-3-6-11-23-17-9-8-15(19)12-14(17)13-20-10-5-4-7-16(20)18(21)22;/h8-9,12,16H,2-7,10-11,13H2,1H3,(H,21,22);1H. The van der Waals surface area contributed by atoms with E-state index in [1.807, 2.05) is 18.2 Å².